The van der Waals surface area contributed by atoms with Crippen LogP contribution in [0.3, 0.4) is 0 Å². The van der Waals surface area contributed by atoms with Gasteiger partial charge in [0.1, 0.15) is 6.54 Å². The molecule has 1 aromatic heterocycles. The largest absolute Gasteiger partial charge is 0.524 e. The predicted octanol–water partition coefficient (Wildman–Crippen LogP) is 0.552. The van der Waals surface area contributed by atoms with E-state index < -0.39 is 18.4 Å². The first kappa shape index (κ1) is 15.1. The smallest absolute Gasteiger partial charge is 0.322 e. The van der Waals surface area contributed by atoms with Crippen molar-refractivity contribution in [3.05, 3.63) is 36.2 Å². The number of nitrogens with one attached hydrogen (secondary N) is 1. The van der Waals surface area contributed by atoms with E-state index >= 15 is 0 Å². The average molecular weight is 431 g/mol. The molecule has 0 spiro atoms. The fourth-order valence-electron chi connectivity index (χ4n) is 1.48. The van der Waals surface area contributed by atoms with E-state index in [1.807, 2.05) is 0 Å². The fourth-order valence-corrected chi connectivity index (χ4v) is 1.48. The number of hydrogen-bond acceptors (Lipinski definition) is 4. The Balaban J connectivity index is 0.00000180. The van der Waals surface area contributed by atoms with Crippen LogP contribution in [0.5, 0.6) is 5.75 Å². The van der Waals surface area contributed by atoms with Gasteiger partial charge in [0.15, 0.2) is 0 Å². The number of pyridine rings is 1. The van der Waals surface area contributed by atoms with Crippen LogP contribution in [0.15, 0.2) is 24.3 Å². The first-order valence-electron chi connectivity index (χ1n) is 5.09. The Kier molecular flexibility index (Phi) is 4.98. The molecule has 3 N–H and O–H groups in total. The zero-order chi connectivity index (χ0) is 13.1. The number of fused-ring (bicyclic) bond motifs is 1. The third kappa shape index (κ3) is 3.28. The second-order valence-electron chi connectivity index (χ2n) is 3.54. The number of carboxylic acid groups (broad SMARTS) is 1. The van der Waals surface area contributed by atoms with Gasteiger partial charge in [-0.15, -0.1) is 17.5 Å². The van der Waals surface area contributed by atoms with Gasteiger partial charge in [0.05, 0.1) is 11.4 Å². The predicted molar refractivity (Wildman–Crippen MR) is 62.2 cm³/mol. The molecule has 0 aliphatic heterocycles. The molecule has 1 heterocycles. The zero-order valence-electron chi connectivity index (χ0n) is 9.55. The molecule has 0 saturated carbocycles. The molecular formula is C12H9N2O4Re-. The van der Waals surface area contributed by atoms with Gasteiger partial charge >= 0.3 is 5.97 Å². The number of carbonyl (C=O) groups is 2. The van der Waals surface area contributed by atoms with Gasteiger partial charge in [-0.3, -0.25) is 9.59 Å². The maximum absolute atomic E-state index is 11.6. The Morgan fingerprint density at radius 2 is 2.00 bits per heavy atom. The second-order valence-corrected chi connectivity index (χ2v) is 3.54. The minimum absolute atomic E-state index is 0. The maximum atomic E-state index is 11.6. The molecule has 1 radical (unpaired) electrons. The van der Waals surface area contributed by atoms with Crippen LogP contribution in [0.2, 0.25) is 0 Å². The van der Waals surface area contributed by atoms with Crippen molar-refractivity contribution in [2.24, 2.45) is 0 Å². The first-order valence-corrected chi connectivity index (χ1v) is 5.09. The quantitative estimate of drug-likeness (QED) is 0.617. The number of carbonyl (C=O) groups excluding carboxylic acids is 1. The molecule has 1 aromatic carbocycles. The van der Waals surface area contributed by atoms with Gasteiger partial charge in [-0.1, -0.05) is 17.5 Å². The van der Waals surface area contributed by atoms with Crippen molar-refractivity contribution in [2.75, 3.05) is 6.54 Å². The van der Waals surface area contributed by atoms with Crippen molar-refractivity contribution in [2.45, 2.75) is 0 Å². The van der Waals surface area contributed by atoms with E-state index in [4.69, 9.17) is 5.11 Å². The van der Waals surface area contributed by atoms with Crippen LogP contribution in [0, 0.1) is 6.20 Å². The van der Waals surface area contributed by atoms with Crippen LogP contribution in [0.4, 0.5) is 0 Å². The molecule has 0 atom stereocenters. The van der Waals surface area contributed by atoms with Crippen molar-refractivity contribution >= 4 is 22.6 Å². The summed E-state index contributed by atoms with van der Waals surface area (Å²) in [6.07, 6.45) is 2.61. The number of aliphatic carboxylic acids is 1. The van der Waals surface area contributed by atoms with E-state index in [0.717, 1.165) is 0 Å². The summed E-state index contributed by atoms with van der Waals surface area (Å²) in [4.78, 5) is 25.6. The van der Waals surface area contributed by atoms with Gasteiger partial charge < -0.3 is 20.5 Å². The molecule has 0 bridgehead atoms. The number of carboxylic acids is 1. The van der Waals surface area contributed by atoms with Crippen molar-refractivity contribution in [3.63, 3.8) is 0 Å². The Bertz CT molecular complexity index is 630. The fraction of sp³-hybridized carbons (Fsp3) is 0.0833. The molecule has 0 aliphatic carbocycles. The monoisotopic (exact) mass is 432 g/mol. The van der Waals surface area contributed by atoms with Crippen LogP contribution < -0.4 is 5.32 Å². The van der Waals surface area contributed by atoms with Gasteiger partial charge in [-0.25, -0.2) is 0 Å². The third-order valence-corrected chi connectivity index (χ3v) is 2.31. The summed E-state index contributed by atoms with van der Waals surface area (Å²) in [5, 5.41) is 21.5. The van der Waals surface area contributed by atoms with E-state index in [1.54, 1.807) is 24.3 Å². The number of nitrogens with zero attached hydrogens (tertiary/aromatic N) is 1. The summed E-state index contributed by atoms with van der Waals surface area (Å²) in [5.41, 5.74) is -0.241. The number of aromatic hydroxyl groups is 1. The van der Waals surface area contributed by atoms with E-state index in [9.17, 15) is 14.7 Å². The average Bonchev–Trinajstić information content (AvgIpc) is 2.37. The van der Waals surface area contributed by atoms with Crippen molar-refractivity contribution < 1.29 is 40.2 Å². The Hall–Kier alpha value is -1.97. The van der Waals surface area contributed by atoms with Crippen LogP contribution in [-0.4, -0.2) is 33.6 Å². The van der Waals surface area contributed by atoms with E-state index in [-0.39, 0.29) is 31.9 Å². The third-order valence-electron chi connectivity index (χ3n) is 2.31. The van der Waals surface area contributed by atoms with Crippen molar-refractivity contribution in [1.82, 2.24) is 10.3 Å². The topological polar surface area (TPSA) is 99.5 Å². The summed E-state index contributed by atoms with van der Waals surface area (Å²) >= 11 is 0. The van der Waals surface area contributed by atoms with Crippen LogP contribution in [0.1, 0.15) is 10.5 Å². The van der Waals surface area contributed by atoms with Crippen molar-refractivity contribution in [3.8, 4) is 5.75 Å². The first-order chi connectivity index (χ1) is 8.59. The van der Waals surface area contributed by atoms with E-state index in [2.05, 4.69) is 16.5 Å². The molecule has 6 nitrogen and oxygen atoms in total. The summed E-state index contributed by atoms with van der Waals surface area (Å²) in [6.45, 7) is -0.535. The molecule has 99 valence electrons. The number of amides is 1. The molecule has 0 unspecified atom stereocenters. The Morgan fingerprint density at radius 3 is 2.68 bits per heavy atom. The molecule has 19 heavy (non-hydrogen) atoms. The summed E-state index contributed by atoms with van der Waals surface area (Å²) in [7, 11) is 0. The number of benzene rings is 1. The molecule has 0 aliphatic rings. The van der Waals surface area contributed by atoms with Crippen LogP contribution in [0.25, 0.3) is 10.8 Å². The van der Waals surface area contributed by atoms with Gasteiger partial charge in [-0.2, -0.15) is 0 Å². The minimum atomic E-state index is -1.17. The molecule has 0 fully saturated rings. The number of rotatable bonds is 3. The summed E-state index contributed by atoms with van der Waals surface area (Å²) in [5.74, 6) is -2.21. The van der Waals surface area contributed by atoms with E-state index in [1.165, 1.54) is 0 Å². The zero-order valence-corrected chi connectivity index (χ0v) is 12.3. The van der Waals surface area contributed by atoms with Crippen LogP contribution >= 0.6 is 0 Å². The second kappa shape index (κ2) is 6.27. The van der Waals surface area contributed by atoms with E-state index in [0.29, 0.717) is 10.8 Å². The molecule has 2 rings (SSSR count). The van der Waals surface area contributed by atoms with Crippen LogP contribution in [-0.2, 0) is 25.2 Å². The molecule has 1 amide bonds. The molecular weight excluding hydrogens is 422 g/mol. The normalized spacial score (nSPS) is 9.68. The number of aromatic nitrogens is 1. The van der Waals surface area contributed by atoms with Gasteiger partial charge in [0.25, 0.3) is 0 Å². The standard InChI is InChI=1S/C12H9N2O4.Re/c15-9(16)6-14-12(18)10-11(17)8-4-2-1-3-7(8)5-13-10;/h1-4,17H,6H2,(H,14,18)(H,15,16);/q-1;. The SMILES string of the molecule is O=C(O)CNC(=O)c1n[c-]c2ccccc2c1O.[Re]. The Morgan fingerprint density at radius 1 is 1.32 bits per heavy atom. The minimum Gasteiger partial charge on any atom is -0.524 e. The van der Waals surface area contributed by atoms with Gasteiger partial charge in [-0.05, 0) is 6.20 Å². The summed E-state index contributed by atoms with van der Waals surface area (Å²) < 4.78 is 0. The molecule has 2 aromatic rings. The molecule has 0 saturated heterocycles. The maximum Gasteiger partial charge on any atom is 0.322 e. The van der Waals surface area contributed by atoms with Gasteiger partial charge in [0, 0.05) is 20.4 Å². The summed E-state index contributed by atoms with van der Waals surface area (Å²) in [6, 6.07) is 6.77. The number of hydrogen-bond donors (Lipinski definition) is 3. The molecule has 7 heteroatoms. The Labute approximate surface area is 122 Å². The van der Waals surface area contributed by atoms with Crippen molar-refractivity contribution in [1.29, 1.82) is 0 Å². The van der Waals surface area contributed by atoms with Gasteiger partial charge in [0.2, 0.25) is 5.91 Å².